The standard InChI is InChI=1S/C10H20N2O/c1-9(2)12-7-8-13-10(12)3-5-11-6-4-10/h9,11H,3-8H2,1-2H3. The van der Waals surface area contributed by atoms with Crippen molar-refractivity contribution < 1.29 is 4.74 Å². The van der Waals surface area contributed by atoms with E-state index in [0.717, 1.165) is 39.1 Å². The summed E-state index contributed by atoms with van der Waals surface area (Å²) in [6.45, 7) is 8.75. The Balaban J connectivity index is 2.09. The van der Waals surface area contributed by atoms with Crippen LogP contribution >= 0.6 is 0 Å². The van der Waals surface area contributed by atoms with Crippen LogP contribution in [0, 0.1) is 0 Å². The average Bonchev–Trinajstić information content (AvgIpc) is 2.50. The molecule has 13 heavy (non-hydrogen) atoms. The van der Waals surface area contributed by atoms with Crippen LogP contribution in [0.4, 0.5) is 0 Å². The van der Waals surface area contributed by atoms with Crippen molar-refractivity contribution in [1.82, 2.24) is 10.2 Å². The first-order chi connectivity index (χ1) is 6.25. The van der Waals surface area contributed by atoms with Crippen LogP contribution in [0.2, 0.25) is 0 Å². The summed E-state index contributed by atoms with van der Waals surface area (Å²) in [7, 11) is 0. The number of hydrogen-bond acceptors (Lipinski definition) is 3. The van der Waals surface area contributed by atoms with Crippen molar-refractivity contribution >= 4 is 0 Å². The monoisotopic (exact) mass is 184 g/mol. The third-order valence-corrected chi connectivity index (χ3v) is 3.23. The molecule has 2 aliphatic heterocycles. The molecule has 0 amide bonds. The molecule has 2 fully saturated rings. The largest absolute Gasteiger partial charge is 0.359 e. The molecule has 76 valence electrons. The maximum Gasteiger partial charge on any atom is 0.124 e. The molecule has 0 bridgehead atoms. The van der Waals surface area contributed by atoms with Gasteiger partial charge in [-0.3, -0.25) is 4.90 Å². The molecular weight excluding hydrogens is 164 g/mol. The molecule has 2 rings (SSSR count). The van der Waals surface area contributed by atoms with Gasteiger partial charge in [0.2, 0.25) is 0 Å². The molecular formula is C10H20N2O. The zero-order chi connectivity index (χ0) is 9.31. The van der Waals surface area contributed by atoms with E-state index in [2.05, 4.69) is 24.1 Å². The second-order valence-corrected chi connectivity index (χ2v) is 4.33. The molecule has 3 heteroatoms. The van der Waals surface area contributed by atoms with E-state index in [1.807, 2.05) is 0 Å². The lowest BCUT2D eigenvalue weighted by Crippen LogP contribution is -2.54. The van der Waals surface area contributed by atoms with Gasteiger partial charge in [0.1, 0.15) is 5.72 Å². The summed E-state index contributed by atoms with van der Waals surface area (Å²) in [6, 6.07) is 0.612. The average molecular weight is 184 g/mol. The molecule has 2 heterocycles. The van der Waals surface area contributed by atoms with Crippen molar-refractivity contribution in [2.45, 2.75) is 38.5 Å². The summed E-state index contributed by atoms with van der Waals surface area (Å²) in [6.07, 6.45) is 2.29. The lowest BCUT2D eigenvalue weighted by atomic mass is 9.99. The molecule has 3 nitrogen and oxygen atoms in total. The van der Waals surface area contributed by atoms with Gasteiger partial charge in [-0.25, -0.2) is 0 Å². The number of hydrogen-bond donors (Lipinski definition) is 1. The minimum absolute atomic E-state index is 0.0828. The van der Waals surface area contributed by atoms with Gasteiger partial charge in [0.05, 0.1) is 6.61 Å². The van der Waals surface area contributed by atoms with E-state index in [0.29, 0.717) is 6.04 Å². The van der Waals surface area contributed by atoms with Crippen molar-refractivity contribution in [3.63, 3.8) is 0 Å². The Morgan fingerprint density at radius 1 is 1.31 bits per heavy atom. The molecule has 0 aromatic carbocycles. The molecule has 0 saturated carbocycles. The Morgan fingerprint density at radius 2 is 2.00 bits per heavy atom. The van der Waals surface area contributed by atoms with E-state index in [-0.39, 0.29) is 5.72 Å². The van der Waals surface area contributed by atoms with Crippen LogP contribution in [0.25, 0.3) is 0 Å². The number of piperidine rings is 1. The lowest BCUT2D eigenvalue weighted by molar-refractivity contribution is -0.112. The normalized spacial score (nSPS) is 28.8. The Hall–Kier alpha value is -0.120. The SMILES string of the molecule is CC(C)N1CCOC12CCNCC2. The first-order valence-corrected chi connectivity index (χ1v) is 5.36. The fraction of sp³-hybridized carbons (Fsp3) is 1.00. The molecule has 0 aromatic heterocycles. The summed E-state index contributed by atoms with van der Waals surface area (Å²) in [5.41, 5.74) is 0.0828. The predicted octanol–water partition coefficient (Wildman–Crippen LogP) is 0.807. The summed E-state index contributed by atoms with van der Waals surface area (Å²) < 4.78 is 5.94. The smallest absolute Gasteiger partial charge is 0.124 e. The topological polar surface area (TPSA) is 24.5 Å². The highest BCUT2D eigenvalue weighted by atomic mass is 16.5. The van der Waals surface area contributed by atoms with Gasteiger partial charge in [0.15, 0.2) is 0 Å². The van der Waals surface area contributed by atoms with E-state index < -0.39 is 0 Å². The van der Waals surface area contributed by atoms with Gasteiger partial charge in [0.25, 0.3) is 0 Å². The molecule has 0 unspecified atom stereocenters. The van der Waals surface area contributed by atoms with Crippen LogP contribution < -0.4 is 5.32 Å². The van der Waals surface area contributed by atoms with Crippen LogP contribution in [0.3, 0.4) is 0 Å². The third kappa shape index (κ3) is 1.60. The fourth-order valence-electron chi connectivity index (χ4n) is 2.60. The molecule has 2 saturated heterocycles. The van der Waals surface area contributed by atoms with Gasteiger partial charge < -0.3 is 10.1 Å². The van der Waals surface area contributed by atoms with E-state index in [1.165, 1.54) is 0 Å². The van der Waals surface area contributed by atoms with Crippen molar-refractivity contribution in [3.05, 3.63) is 0 Å². The molecule has 1 N–H and O–H groups in total. The van der Waals surface area contributed by atoms with Crippen molar-refractivity contribution in [3.8, 4) is 0 Å². The van der Waals surface area contributed by atoms with Crippen LogP contribution in [-0.4, -0.2) is 42.9 Å². The van der Waals surface area contributed by atoms with Crippen molar-refractivity contribution in [2.75, 3.05) is 26.2 Å². The molecule has 0 radical (unpaired) electrons. The highest BCUT2D eigenvalue weighted by Crippen LogP contribution is 2.33. The van der Waals surface area contributed by atoms with Gasteiger partial charge in [-0.05, 0) is 26.9 Å². The first-order valence-electron chi connectivity index (χ1n) is 5.36. The molecule has 0 aliphatic carbocycles. The van der Waals surface area contributed by atoms with Gasteiger partial charge in [-0.15, -0.1) is 0 Å². The minimum Gasteiger partial charge on any atom is -0.359 e. The van der Waals surface area contributed by atoms with Crippen molar-refractivity contribution in [2.24, 2.45) is 0 Å². The summed E-state index contributed by atoms with van der Waals surface area (Å²) in [5, 5.41) is 3.39. The van der Waals surface area contributed by atoms with E-state index >= 15 is 0 Å². The summed E-state index contributed by atoms with van der Waals surface area (Å²) in [5.74, 6) is 0. The predicted molar refractivity (Wildman–Crippen MR) is 52.6 cm³/mol. The van der Waals surface area contributed by atoms with Gasteiger partial charge in [-0.1, -0.05) is 0 Å². The lowest BCUT2D eigenvalue weighted by Gasteiger charge is -2.42. The van der Waals surface area contributed by atoms with E-state index in [4.69, 9.17) is 4.74 Å². The van der Waals surface area contributed by atoms with E-state index in [1.54, 1.807) is 0 Å². The highest BCUT2D eigenvalue weighted by molar-refractivity contribution is 4.91. The number of nitrogens with one attached hydrogen (secondary N) is 1. The van der Waals surface area contributed by atoms with Gasteiger partial charge >= 0.3 is 0 Å². The zero-order valence-electron chi connectivity index (χ0n) is 8.68. The zero-order valence-corrected chi connectivity index (χ0v) is 8.68. The fourth-order valence-corrected chi connectivity index (χ4v) is 2.60. The Labute approximate surface area is 80.4 Å². The molecule has 1 spiro atoms. The second kappa shape index (κ2) is 3.56. The molecule has 0 aromatic rings. The maximum absolute atomic E-state index is 5.94. The van der Waals surface area contributed by atoms with E-state index in [9.17, 15) is 0 Å². The minimum atomic E-state index is 0.0828. The molecule has 0 atom stereocenters. The third-order valence-electron chi connectivity index (χ3n) is 3.23. The number of ether oxygens (including phenoxy) is 1. The second-order valence-electron chi connectivity index (χ2n) is 4.33. The van der Waals surface area contributed by atoms with Crippen molar-refractivity contribution in [1.29, 1.82) is 0 Å². The molecule has 2 aliphatic rings. The first kappa shape index (κ1) is 9.44. The van der Waals surface area contributed by atoms with Crippen LogP contribution in [0.1, 0.15) is 26.7 Å². The highest BCUT2D eigenvalue weighted by Gasteiger charge is 2.43. The quantitative estimate of drug-likeness (QED) is 0.652. The van der Waals surface area contributed by atoms with Crippen LogP contribution in [-0.2, 0) is 4.74 Å². The maximum atomic E-state index is 5.94. The van der Waals surface area contributed by atoms with Crippen LogP contribution in [0.5, 0.6) is 0 Å². The Bertz CT molecular complexity index is 176. The van der Waals surface area contributed by atoms with Crippen LogP contribution in [0.15, 0.2) is 0 Å². The summed E-state index contributed by atoms with van der Waals surface area (Å²) >= 11 is 0. The Morgan fingerprint density at radius 3 is 2.62 bits per heavy atom. The number of nitrogens with zero attached hydrogens (tertiary/aromatic N) is 1. The summed E-state index contributed by atoms with van der Waals surface area (Å²) in [4.78, 5) is 2.52. The Kier molecular flexibility index (Phi) is 2.58. The number of rotatable bonds is 1. The van der Waals surface area contributed by atoms with Gasteiger partial charge in [-0.2, -0.15) is 0 Å². The van der Waals surface area contributed by atoms with Gasteiger partial charge in [0, 0.05) is 25.4 Å².